The molecule has 0 bridgehead atoms. The van der Waals surface area contributed by atoms with Crippen molar-refractivity contribution in [3.63, 3.8) is 0 Å². The highest BCUT2D eigenvalue weighted by atomic mass is 32.1. The minimum absolute atomic E-state index is 0.624. The third-order valence-electron chi connectivity index (χ3n) is 5.64. The lowest BCUT2D eigenvalue weighted by Crippen LogP contribution is -2.28. The predicted molar refractivity (Wildman–Crippen MR) is 112 cm³/mol. The molecular formula is C23H27NOS. The number of hydrogen-bond acceptors (Lipinski definition) is 3. The van der Waals surface area contributed by atoms with Crippen molar-refractivity contribution in [1.82, 2.24) is 4.90 Å². The SMILES string of the molecule is COc1cccc2c1CCCC2CN(C)CCc1ccc2ccsc2c1. The van der Waals surface area contributed by atoms with Gasteiger partial charge in [-0.15, -0.1) is 11.3 Å². The van der Waals surface area contributed by atoms with Gasteiger partial charge in [0.05, 0.1) is 7.11 Å². The Labute approximate surface area is 160 Å². The number of nitrogens with zero attached hydrogens (tertiary/aromatic N) is 1. The molecule has 1 heterocycles. The zero-order valence-corrected chi connectivity index (χ0v) is 16.5. The molecule has 1 unspecified atom stereocenters. The summed E-state index contributed by atoms with van der Waals surface area (Å²) in [5.74, 6) is 1.69. The Hall–Kier alpha value is -1.84. The fourth-order valence-electron chi connectivity index (χ4n) is 4.24. The van der Waals surface area contributed by atoms with Crippen LogP contribution in [0.1, 0.15) is 35.4 Å². The predicted octanol–water partition coefficient (Wildman–Crippen LogP) is 5.50. The van der Waals surface area contributed by atoms with Crippen LogP contribution in [0.25, 0.3) is 10.1 Å². The van der Waals surface area contributed by atoms with Gasteiger partial charge in [0.15, 0.2) is 0 Å². The molecule has 0 aliphatic heterocycles. The summed E-state index contributed by atoms with van der Waals surface area (Å²) in [6.07, 6.45) is 4.81. The largest absolute Gasteiger partial charge is 0.496 e. The Morgan fingerprint density at radius 3 is 3.00 bits per heavy atom. The molecule has 0 radical (unpaired) electrons. The van der Waals surface area contributed by atoms with E-state index in [0.29, 0.717) is 5.92 Å². The van der Waals surface area contributed by atoms with Crippen molar-refractivity contribution in [2.24, 2.45) is 0 Å². The first-order chi connectivity index (χ1) is 12.7. The summed E-state index contributed by atoms with van der Waals surface area (Å²) in [6, 6.07) is 15.6. The van der Waals surface area contributed by atoms with Gasteiger partial charge in [-0.3, -0.25) is 0 Å². The van der Waals surface area contributed by atoms with Gasteiger partial charge in [-0.05, 0) is 84.3 Å². The molecule has 0 N–H and O–H groups in total. The van der Waals surface area contributed by atoms with Crippen LogP contribution in [0.4, 0.5) is 0 Å². The van der Waals surface area contributed by atoms with Crippen molar-refractivity contribution in [2.45, 2.75) is 31.6 Å². The molecule has 136 valence electrons. The zero-order valence-electron chi connectivity index (χ0n) is 15.7. The quantitative estimate of drug-likeness (QED) is 0.571. The third-order valence-corrected chi connectivity index (χ3v) is 6.52. The van der Waals surface area contributed by atoms with E-state index in [1.165, 1.54) is 39.6 Å². The summed E-state index contributed by atoms with van der Waals surface area (Å²) in [6.45, 7) is 2.23. The van der Waals surface area contributed by atoms with Gasteiger partial charge in [-0.2, -0.15) is 0 Å². The molecule has 0 spiro atoms. The fraction of sp³-hybridized carbons (Fsp3) is 0.391. The molecule has 3 heteroatoms. The minimum Gasteiger partial charge on any atom is -0.496 e. The first-order valence-electron chi connectivity index (χ1n) is 9.55. The van der Waals surface area contributed by atoms with E-state index in [2.05, 4.69) is 59.8 Å². The van der Waals surface area contributed by atoms with Crippen molar-refractivity contribution in [2.75, 3.05) is 27.2 Å². The van der Waals surface area contributed by atoms with Gasteiger partial charge in [0.1, 0.15) is 5.75 Å². The maximum Gasteiger partial charge on any atom is 0.122 e. The van der Waals surface area contributed by atoms with E-state index in [9.17, 15) is 0 Å². The average molecular weight is 366 g/mol. The Balaban J connectivity index is 1.40. The van der Waals surface area contributed by atoms with Gasteiger partial charge in [-0.1, -0.05) is 24.3 Å². The molecular weight excluding hydrogens is 338 g/mol. The highest BCUT2D eigenvalue weighted by Gasteiger charge is 2.23. The first kappa shape index (κ1) is 17.6. The Morgan fingerprint density at radius 1 is 1.19 bits per heavy atom. The molecule has 3 aromatic rings. The molecule has 0 saturated heterocycles. The van der Waals surface area contributed by atoms with Crippen LogP contribution in [0.3, 0.4) is 0 Å². The molecule has 0 saturated carbocycles. The Bertz CT molecular complexity index is 885. The van der Waals surface area contributed by atoms with Crippen molar-refractivity contribution < 1.29 is 4.74 Å². The van der Waals surface area contributed by atoms with E-state index in [1.54, 1.807) is 7.11 Å². The standard InChI is InChI=1S/C23H27NOS/c1-24(13-11-17-9-10-18-12-14-26-23(18)15-17)16-19-5-3-7-21-20(19)6-4-8-22(21)25-2/h4,6,8-10,12,14-15,19H,3,5,7,11,13,16H2,1-2H3. The summed E-state index contributed by atoms with van der Waals surface area (Å²) in [7, 11) is 4.05. The lowest BCUT2D eigenvalue weighted by molar-refractivity contribution is 0.299. The second-order valence-electron chi connectivity index (χ2n) is 7.42. The number of fused-ring (bicyclic) bond motifs is 2. The third kappa shape index (κ3) is 3.65. The van der Waals surface area contributed by atoms with Crippen molar-refractivity contribution in [3.8, 4) is 5.75 Å². The van der Waals surface area contributed by atoms with Gasteiger partial charge >= 0.3 is 0 Å². The number of hydrogen-bond donors (Lipinski definition) is 0. The number of thiophene rings is 1. The molecule has 26 heavy (non-hydrogen) atoms. The monoisotopic (exact) mass is 365 g/mol. The fourth-order valence-corrected chi connectivity index (χ4v) is 5.09. The van der Waals surface area contributed by atoms with Crippen molar-refractivity contribution >= 4 is 21.4 Å². The maximum absolute atomic E-state index is 5.59. The molecule has 1 aliphatic rings. The topological polar surface area (TPSA) is 12.5 Å². The molecule has 1 aromatic heterocycles. The van der Waals surface area contributed by atoms with Gasteiger partial charge in [0, 0.05) is 17.8 Å². The van der Waals surface area contributed by atoms with Gasteiger partial charge < -0.3 is 9.64 Å². The maximum atomic E-state index is 5.59. The lowest BCUT2D eigenvalue weighted by atomic mass is 9.82. The molecule has 2 aromatic carbocycles. The molecule has 4 rings (SSSR count). The zero-order chi connectivity index (χ0) is 17.9. The van der Waals surface area contributed by atoms with Crippen LogP contribution >= 0.6 is 11.3 Å². The van der Waals surface area contributed by atoms with Crippen LogP contribution in [0, 0.1) is 0 Å². The van der Waals surface area contributed by atoms with E-state index >= 15 is 0 Å². The molecule has 0 amide bonds. The minimum atomic E-state index is 0.624. The normalized spacial score (nSPS) is 16.8. The number of rotatable bonds is 6. The van der Waals surface area contributed by atoms with Gasteiger partial charge in [0.2, 0.25) is 0 Å². The van der Waals surface area contributed by atoms with Crippen LogP contribution in [0.5, 0.6) is 5.75 Å². The van der Waals surface area contributed by atoms with Crippen LogP contribution in [-0.4, -0.2) is 32.1 Å². The average Bonchev–Trinajstić information content (AvgIpc) is 3.14. The smallest absolute Gasteiger partial charge is 0.122 e. The number of likely N-dealkylation sites (N-methyl/N-ethyl adjacent to an activating group) is 1. The summed E-state index contributed by atoms with van der Waals surface area (Å²) in [5, 5.41) is 3.54. The molecule has 1 atom stereocenters. The Kier molecular flexibility index (Phi) is 5.28. The van der Waals surface area contributed by atoms with E-state index in [0.717, 1.165) is 31.7 Å². The number of ether oxygens (including phenoxy) is 1. The van der Waals surface area contributed by atoms with Crippen LogP contribution < -0.4 is 4.74 Å². The summed E-state index contributed by atoms with van der Waals surface area (Å²) >= 11 is 1.83. The second-order valence-corrected chi connectivity index (χ2v) is 8.37. The van der Waals surface area contributed by atoms with Crippen molar-refractivity contribution in [3.05, 3.63) is 64.5 Å². The van der Waals surface area contributed by atoms with E-state index in [1.807, 2.05) is 11.3 Å². The summed E-state index contributed by atoms with van der Waals surface area (Å²) < 4.78 is 6.99. The summed E-state index contributed by atoms with van der Waals surface area (Å²) in [5.41, 5.74) is 4.38. The highest BCUT2D eigenvalue weighted by molar-refractivity contribution is 7.17. The van der Waals surface area contributed by atoms with E-state index in [-0.39, 0.29) is 0 Å². The Morgan fingerprint density at radius 2 is 2.12 bits per heavy atom. The van der Waals surface area contributed by atoms with Crippen LogP contribution in [0.15, 0.2) is 47.8 Å². The molecule has 0 fully saturated rings. The van der Waals surface area contributed by atoms with Crippen LogP contribution in [0.2, 0.25) is 0 Å². The highest BCUT2D eigenvalue weighted by Crippen LogP contribution is 2.36. The van der Waals surface area contributed by atoms with Crippen LogP contribution in [-0.2, 0) is 12.8 Å². The molecule has 1 aliphatic carbocycles. The first-order valence-corrected chi connectivity index (χ1v) is 10.4. The van der Waals surface area contributed by atoms with Crippen molar-refractivity contribution in [1.29, 1.82) is 0 Å². The van der Waals surface area contributed by atoms with E-state index < -0.39 is 0 Å². The second kappa shape index (κ2) is 7.81. The van der Waals surface area contributed by atoms with E-state index in [4.69, 9.17) is 4.74 Å². The van der Waals surface area contributed by atoms with Gasteiger partial charge in [0.25, 0.3) is 0 Å². The number of benzene rings is 2. The lowest BCUT2D eigenvalue weighted by Gasteiger charge is -2.30. The number of methoxy groups -OCH3 is 1. The molecule has 2 nitrogen and oxygen atoms in total. The summed E-state index contributed by atoms with van der Waals surface area (Å²) in [4.78, 5) is 2.50. The van der Waals surface area contributed by atoms with Gasteiger partial charge in [-0.25, -0.2) is 0 Å².